The quantitative estimate of drug-likeness (QED) is 0.527. The average molecular weight is 445 g/mol. The van der Waals surface area contributed by atoms with Gasteiger partial charge < -0.3 is 15.1 Å². The average Bonchev–Trinajstić information content (AvgIpc) is 3.01. The Hall–Kier alpha value is -1.80. The van der Waals surface area contributed by atoms with Crippen molar-refractivity contribution < 1.29 is 14.0 Å². The zero-order valence-corrected chi connectivity index (χ0v) is 14.9. The first-order chi connectivity index (χ1) is 11.0. The van der Waals surface area contributed by atoms with Crippen LogP contribution in [0.25, 0.3) is 6.08 Å². The number of hydrogen-bond donors (Lipinski definition) is 2. The Morgan fingerprint density at radius 2 is 2.13 bits per heavy atom. The number of furan rings is 1. The molecule has 1 aromatic carbocycles. The van der Waals surface area contributed by atoms with Gasteiger partial charge in [-0.2, -0.15) is 0 Å². The van der Waals surface area contributed by atoms with Gasteiger partial charge in [-0.25, -0.2) is 0 Å². The van der Waals surface area contributed by atoms with Crippen LogP contribution in [-0.2, 0) is 9.59 Å². The van der Waals surface area contributed by atoms with Crippen molar-refractivity contribution in [2.45, 2.75) is 6.42 Å². The minimum atomic E-state index is -0.290. The number of carbonyl (C=O) groups is 2. The summed E-state index contributed by atoms with van der Waals surface area (Å²) >= 11 is 8.18. The predicted molar refractivity (Wildman–Crippen MR) is 98.2 cm³/mol. The summed E-state index contributed by atoms with van der Waals surface area (Å²) in [5.41, 5.74) is 0.557. The van der Waals surface area contributed by atoms with E-state index in [1.807, 2.05) is 6.07 Å². The number of carbonyl (C=O) groups excluding carboxylic acids is 2. The molecule has 0 saturated carbocycles. The van der Waals surface area contributed by atoms with E-state index >= 15 is 0 Å². The largest absolute Gasteiger partial charge is 0.465 e. The summed E-state index contributed by atoms with van der Waals surface area (Å²) in [5, 5.41) is 5.81. The van der Waals surface area contributed by atoms with E-state index in [9.17, 15) is 9.59 Å². The van der Waals surface area contributed by atoms with Gasteiger partial charge in [0.05, 0.1) is 17.0 Å². The van der Waals surface area contributed by atoms with Crippen LogP contribution < -0.4 is 10.6 Å². The van der Waals surface area contributed by atoms with Gasteiger partial charge in [0.15, 0.2) is 0 Å². The summed E-state index contributed by atoms with van der Waals surface area (Å²) in [4.78, 5) is 23.4. The molecule has 0 atom stereocenters. The second-order valence-corrected chi connectivity index (χ2v) is 6.21. The molecule has 2 N–H and O–H groups in total. The van der Waals surface area contributed by atoms with Crippen LogP contribution in [0.1, 0.15) is 12.2 Å². The second-order valence-electron chi connectivity index (χ2n) is 4.56. The molecular formula is C16H14ClIN2O3. The number of rotatable bonds is 6. The molecule has 0 aliphatic heterocycles. The summed E-state index contributed by atoms with van der Waals surface area (Å²) in [6, 6.07) is 8.83. The molecule has 0 aliphatic carbocycles. The van der Waals surface area contributed by atoms with Crippen molar-refractivity contribution in [2.75, 3.05) is 11.9 Å². The van der Waals surface area contributed by atoms with Gasteiger partial charge >= 0.3 is 0 Å². The molecule has 1 heterocycles. The molecule has 0 saturated heterocycles. The minimum Gasteiger partial charge on any atom is -0.465 e. The third-order valence-electron chi connectivity index (χ3n) is 2.80. The number of anilines is 1. The lowest BCUT2D eigenvalue weighted by Crippen LogP contribution is -2.26. The molecule has 0 radical (unpaired) electrons. The fraction of sp³-hybridized carbons (Fsp3) is 0.125. The van der Waals surface area contributed by atoms with Crippen molar-refractivity contribution in [2.24, 2.45) is 0 Å². The smallest absolute Gasteiger partial charge is 0.244 e. The number of amides is 2. The molecule has 1 aromatic heterocycles. The van der Waals surface area contributed by atoms with Crippen molar-refractivity contribution >= 4 is 57.8 Å². The van der Waals surface area contributed by atoms with Gasteiger partial charge in [-0.1, -0.05) is 11.6 Å². The maximum Gasteiger partial charge on any atom is 0.244 e. The van der Waals surface area contributed by atoms with Crippen molar-refractivity contribution in [1.82, 2.24) is 5.32 Å². The molecule has 23 heavy (non-hydrogen) atoms. The van der Waals surface area contributed by atoms with E-state index in [0.29, 0.717) is 16.5 Å². The highest BCUT2D eigenvalue weighted by Gasteiger charge is 2.06. The Kier molecular flexibility index (Phi) is 6.66. The first-order valence-electron chi connectivity index (χ1n) is 6.79. The summed E-state index contributed by atoms with van der Waals surface area (Å²) in [6.07, 6.45) is 4.59. The van der Waals surface area contributed by atoms with Crippen LogP contribution in [-0.4, -0.2) is 18.4 Å². The van der Waals surface area contributed by atoms with Gasteiger partial charge in [-0.3, -0.25) is 9.59 Å². The van der Waals surface area contributed by atoms with E-state index in [1.165, 1.54) is 12.3 Å². The third-order valence-corrected chi connectivity index (χ3v) is 3.78. The van der Waals surface area contributed by atoms with E-state index in [4.69, 9.17) is 16.0 Å². The number of hydrogen-bond acceptors (Lipinski definition) is 3. The van der Waals surface area contributed by atoms with Crippen LogP contribution in [0, 0.1) is 3.57 Å². The maximum atomic E-state index is 11.8. The molecule has 7 heteroatoms. The summed E-state index contributed by atoms with van der Waals surface area (Å²) in [5.74, 6) is 0.0798. The second kappa shape index (κ2) is 8.73. The molecule has 0 fully saturated rings. The van der Waals surface area contributed by atoms with E-state index in [1.54, 1.807) is 30.3 Å². The molecular weight excluding hydrogens is 431 g/mol. The zero-order valence-electron chi connectivity index (χ0n) is 12.0. The van der Waals surface area contributed by atoms with Crippen molar-refractivity contribution in [1.29, 1.82) is 0 Å². The van der Waals surface area contributed by atoms with Crippen LogP contribution in [0.2, 0.25) is 5.02 Å². The van der Waals surface area contributed by atoms with Gasteiger partial charge in [-0.15, -0.1) is 0 Å². The topological polar surface area (TPSA) is 71.3 Å². The molecule has 2 amide bonds. The van der Waals surface area contributed by atoms with Crippen molar-refractivity contribution in [3.8, 4) is 0 Å². The number of nitrogens with one attached hydrogen (secondary N) is 2. The van der Waals surface area contributed by atoms with E-state index in [-0.39, 0.29) is 24.8 Å². The molecule has 120 valence electrons. The normalized spacial score (nSPS) is 10.7. The van der Waals surface area contributed by atoms with E-state index < -0.39 is 0 Å². The number of halogens is 2. The van der Waals surface area contributed by atoms with Crippen LogP contribution in [0.5, 0.6) is 0 Å². The monoisotopic (exact) mass is 444 g/mol. The van der Waals surface area contributed by atoms with Crippen LogP contribution in [0.4, 0.5) is 5.69 Å². The molecule has 0 spiro atoms. The third kappa shape index (κ3) is 6.07. The van der Waals surface area contributed by atoms with Gasteiger partial charge in [0.2, 0.25) is 11.8 Å². The van der Waals surface area contributed by atoms with Gasteiger partial charge in [0, 0.05) is 22.6 Å². The molecule has 2 rings (SSSR count). The Bertz CT molecular complexity index is 714. The minimum absolute atomic E-state index is 0.155. The van der Waals surface area contributed by atoms with Crippen LogP contribution in [0.15, 0.2) is 47.1 Å². The zero-order chi connectivity index (χ0) is 16.7. The van der Waals surface area contributed by atoms with Crippen molar-refractivity contribution in [3.63, 3.8) is 0 Å². The van der Waals surface area contributed by atoms with Gasteiger partial charge in [0.1, 0.15) is 5.76 Å². The molecule has 0 bridgehead atoms. The Morgan fingerprint density at radius 3 is 2.83 bits per heavy atom. The summed E-state index contributed by atoms with van der Waals surface area (Å²) in [7, 11) is 0. The van der Waals surface area contributed by atoms with Crippen molar-refractivity contribution in [3.05, 3.63) is 57.0 Å². The highest BCUT2D eigenvalue weighted by Crippen LogP contribution is 2.23. The molecule has 2 aromatic rings. The molecule has 0 aliphatic rings. The first kappa shape index (κ1) is 17.6. The van der Waals surface area contributed by atoms with Gasteiger partial charge in [-0.05, 0) is 59.0 Å². The van der Waals surface area contributed by atoms with Gasteiger partial charge in [0.25, 0.3) is 0 Å². The molecule has 0 unspecified atom stereocenters. The predicted octanol–water partition coefficient (Wildman–Crippen LogP) is 3.70. The number of benzene rings is 1. The Morgan fingerprint density at radius 1 is 1.30 bits per heavy atom. The fourth-order valence-corrected chi connectivity index (χ4v) is 2.61. The highest BCUT2D eigenvalue weighted by atomic mass is 127. The standard InChI is InChI=1S/C16H14ClIN2O3/c17-13-10-11(18)3-5-14(13)20-16(22)7-8-19-15(21)6-4-12-2-1-9-23-12/h1-6,9-10H,7-8H2,(H,19,21)(H,20,22)/b6-4+. The lowest BCUT2D eigenvalue weighted by atomic mass is 10.3. The molecule has 5 nitrogen and oxygen atoms in total. The van der Waals surface area contributed by atoms with E-state index in [2.05, 4.69) is 33.2 Å². The SMILES string of the molecule is O=C(/C=C/c1ccco1)NCCC(=O)Nc1ccc(I)cc1Cl. The first-order valence-corrected chi connectivity index (χ1v) is 8.24. The maximum absolute atomic E-state index is 11.8. The lowest BCUT2D eigenvalue weighted by molar-refractivity contribution is -0.117. The van der Waals surface area contributed by atoms with Crippen LogP contribution in [0.3, 0.4) is 0 Å². The highest BCUT2D eigenvalue weighted by molar-refractivity contribution is 14.1. The van der Waals surface area contributed by atoms with Crippen LogP contribution >= 0.6 is 34.2 Å². The summed E-state index contributed by atoms with van der Waals surface area (Å²) in [6.45, 7) is 0.231. The summed E-state index contributed by atoms with van der Waals surface area (Å²) < 4.78 is 6.06. The Labute approximate surface area is 152 Å². The fourth-order valence-electron chi connectivity index (χ4n) is 1.71. The Balaban J connectivity index is 1.73. The van der Waals surface area contributed by atoms with E-state index in [0.717, 1.165) is 3.57 Å². The lowest BCUT2D eigenvalue weighted by Gasteiger charge is -2.07.